The lowest BCUT2D eigenvalue weighted by molar-refractivity contribution is -0.0525. The van der Waals surface area contributed by atoms with Crippen LogP contribution >= 0.6 is 0 Å². The first-order valence-electron chi connectivity index (χ1n) is 5.63. The average molecular weight is 286 g/mol. The van der Waals surface area contributed by atoms with Crippen molar-refractivity contribution in [3.05, 3.63) is 11.8 Å². The molecule has 1 aliphatic carbocycles. The molecule has 0 radical (unpaired) electrons. The van der Waals surface area contributed by atoms with Crippen LogP contribution in [0.5, 0.6) is 0 Å². The summed E-state index contributed by atoms with van der Waals surface area (Å²) in [6.45, 7) is 6.14. The quantitative estimate of drug-likeness (QED) is 0.575. The van der Waals surface area contributed by atoms with Crippen molar-refractivity contribution in [2.24, 2.45) is 11.3 Å². The average Bonchev–Trinajstić information content (AvgIpc) is 2.14. The Morgan fingerprint density at radius 1 is 1.28 bits per heavy atom. The SMILES string of the molecule is CC(C)(C)C1CC=C(OS(=O)(=O)C(F)(F)F)CC1. The van der Waals surface area contributed by atoms with Crippen molar-refractivity contribution in [3.8, 4) is 0 Å². The van der Waals surface area contributed by atoms with Crippen LogP contribution < -0.4 is 0 Å². The molecule has 0 saturated carbocycles. The number of hydrogen-bond acceptors (Lipinski definition) is 3. The van der Waals surface area contributed by atoms with Gasteiger partial charge in [-0.2, -0.15) is 21.6 Å². The van der Waals surface area contributed by atoms with Gasteiger partial charge in [-0.15, -0.1) is 0 Å². The van der Waals surface area contributed by atoms with E-state index in [9.17, 15) is 21.6 Å². The van der Waals surface area contributed by atoms with E-state index in [2.05, 4.69) is 4.18 Å². The summed E-state index contributed by atoms with van der Waals surface area (Å²) in [6, 6.07) is 0. The van der Waals surface area contributed by atoms with Crippen molar-refractivity contribution in [1.29, 1.82) is 0 Å². The van der Waals surface area contributed by atoms with Crippen LogP contribution in [0, 0.1) is 11.3 Å². The van der Waals surface area contributed by atoms with Gasteiger partial charge in [0.05, 0.1) is 0 Å². The maximum Gasteiger partial charge on any atom is 0.534 e. The van der Waals surface area contributed by atoms with Crippen LogP contribution in [0.1, 0.15) is 40.0 Å². The highest BCUT2D eigenvalue weighted by Gasteiger charge is 2.49. The highest BCUT2D eigenvalue weighted by atomic mass is 32.2. The fraction of sp³-hybridized carbons (Fsp3) is 0.818. The van der Waals surface area contributed by atoms with Gasteiger partial charge >= 0.3 is 15.6 Å². The summed E-state index contributed by atoms with van der Waals surface area (Å²) in [5.74, 6) is 0.214. The van der Waals surface area contributed by atoms with Gasteiger partial charge in [-0.3, -0.25) is 0 Å². The summed E-state index contributed by atoms with van der Waals surface area (Å²) in [5, 5.41) is 0. The van der Waals surface area contributed by atoms with E-state index >= 15 is 0 Å². The third kappa shape index (κ3) is 3.63. The Morgan fingerprint density at radius 2 is 1.83 bits per heavy atom. The highest BCUT2D eigenvalue weighted by Crippen LogP contribution is 2.38. The maximum atomic E-state index is 12.1. The Bertz CT molecular complexity index is 429. The van der Waals surface area contributed by atoms with Gasteiger partial charge in [-0.05, 0) is 30.3 Å². The molecule has 106 valence electrons. The molecule has 0 aromatic rings. The Kier molecular flexibility index (Phi) is 4.05. The summed E-state index contributed by atoms with van der Waals surface area (Å²) in [5.41, 5.74) is -5.32. The van der Waals surface area contributed by atoms with Crippen molar-refractivity contribution in [2.45, 2.75) is 45.5 Å². The summed E-state index contributed by atoms with van der Waals surface area (Å²) in [6.07, 6.45) is 2.83. The first-order valence-corrected chi connectivity index (χ1v) is 7.04. The molecule has 0 aromatic heterocycles. The van der Waals surface area contributed by atoms with E-state index in [1.54, 1.807) is 0 Å². The molecule has 0 spiro atoms. The van der Waals surface area contributed by atoms with Crippen LogP contribution in [0.25, 0.3) is 0 Å². The van der Waals surface area contributed by atoms with Crippen LogP contribution in [-0.2, 0) is 14.3 Å². The lowest BCUT2D eigenvalue weighted by atomic mass is 9.74. The van der Waals surface area contributed by atoms with Gasteiger partial charge in [0.2, 0.25) is 0 Å². The molecule has 3 nitrogen and oxygen atoms in total. The Balaban J connectivity index is 2.72. The van der Waals surface area contributed by atoms with Gasteiger partial charge in [0.15, 0.2) is 0 Å². The molecule has 0 amide bonds. The third-order valence-corrected chi connectivity index (χ3v) is 4.09. The van der Waals surface area contributed by atoms with E-state index in [0.717, 1.165) is 0 Å². The van der Waals surface area contributed by atoms with Gasteiger partial charge in [-0.25, -0.2) is 0 Å². The predicted octanol–water partition coefficient (Wildman–Crippen LogP) is 3.58. The molecule has 18 heavy (non-hydrogen) atoms. The fourth-order valence-electron chi connectivity index (χ4n) is 1.86. The summed E-state index contributed by atoms with van der Waals surface area (Å²) in [4.78, 5) is 0. The standard InChI is InChI=1S/C11H17F3O3S/c1-10(2,3)8-4-6-9(7-5-8)17-18(15,16)11(12,13)14/h6,8H,4-5,7H2,1-3H3. The molecule has 7 heteroatoms. The number of allylic oxidation sites excluding steroid dienone is 2. The van der Waals surface area contributed by atoms with E-state index < -0.39 is 15.6 Å². The minimum absolute atomic E-state index is 0.0466. The Labute approximate surface area is 105 Å². The Morgan fingerprint density at radius 3 is 2.17 bits per heavy atom. The highest BCUT2D eigenvalue weighted by molar-refractivity contribution is 7.87. The molecule has 1 aliphatic rings. The van der Waals surface area contributed by atoms with Crippen LogP contribution in [-0.4, -0.2) is 13.9 Å². The minimum Gasteiger partial charge on any atom is -0.381 e. The lowest BCUT2D eigenvalue weighted by Gasteiger charge is -2.32. The zero-order chi connectivity index (χ0) is 14.2. The van der Waals surface area contributed by atoms with Crippen molar-refractivity contribution in [2.75, 3.05) is 0 Å². The van der Waals surface area contributed by atoms with E-state index in [4.69, 9.17) is 0 Å². The third-order valence-electron chi connectivity index (χ3n) is 3.09. The Hall–Kier alpha value is -0.720. The topological polar surface area (TPSA) is 43.4 Å². The van der Waals surface area contributed by atoms with E-state index in [1.165, 1.54) is 6.08 Å². The molecule has 0 fully saturated rings. The second kappa shape index (κ2) is 4.75. The zero-order valence-corrected chi connectivity index (χ0v) is 11.4. The molecule has 0 bridgehead atoms. The molecule has 0 N–H and O–H groups in total. The molecule has 1 atom stereocenters. The number of rotatable bonds is 2. The van der Waals surface area contributed by atoms with Gasteiger partial charge in [0, 0.05) is 6.42 Å². The van der Waals surface area contributed by atoms with Crippen LogP contribution in [0.2, 0.25) is 0 Å². The largest absolute Gasteiger partial charge is 0.534 e. The van der Waals surface area contributed by atoms with Crippen LogP contribution in [0.15, 0.2) is 11.8 Å². The summed E-state index contributed by atoms with van der Waals surface area (Å²) < 4.78 is 62.1. The summed E-state index contributed by atoms with van der Waals surface area (Å²) >= 11 is 0. The molecule has 1 unspecified atom stereocenters. The van der Waals surface area contributed by atoms with E-state index in [0.29, 0.717) is 18.8 Å². The molecule has 0 heterocycles. The first kappa shape index (κ1) is 15.3. The number of alkyl halides is 3. The second-order valence-electron chi connectivity index (χ2n) is 5.49. The second-order valence-corrected chi connectivity index (χ2v) is 7.03. The van der Waals surface area contributed by atoms with Gasteiger partial charge in [0.25, 0.3) is 0 Å². The van der Waals surface area contributed by atoms with Crippen molar-refractivity contribution >= 4 is 10.1 Å². The molecule has 1 rings (SSSR count). The van der Waals surface area contributed by atoms with Crippen molar-refractivity contribution < 1.29 is 25.8 Å². The normalized spacial score (nSPS) is 22.6. The lowest BCUT2D eigenvalue weighted by Crippen LogP contribution is -2.27. The predicted molar refractivity (Wildman–Crippen MR) is 60.9 cm³/mol. The fourth-order valence-corrected chi connectivity index (χ4v) is 2.39. The minimum atomic E-state index is -5.52. The summed E-state index contributed by atoms with van der Waals surface area (Å²) in [7, 11) is -5.52. The van der Waals surface area contributed by atoms with Crippen LogP contribution in [0.3, 0.4) is 0 Å². The van der Waals surface area contributed by atoms with Crippen molar-refractivity contribution in [3.63, 3.8) is 0 Å². The molecule has 0 aliphatic heterocycles. The van der Waals surface area contributed by atoms with Crippen LogP contribution in [0.4, 0.5) is 13.2 Å². The van der Waals surface area contributed by atoms with Gasteiger partial charge < -0.3 is 4.18 Å². The van der Waals surface area contributed by atoms with Gasteiger partial charge in [0.1, 0.15) is 5.76 Å². The molecule has 0 saturated heterocycles. The first-order chi connectivity index (χ1) is 7.93. The van der Waals surface area contributed by atoms with Gasteiger partial charge in [-0.1, -0.05) is 20.8 Å². The van der Waals surface area contributed by atoms with E-state index in [-0.39, 0.29) is 17.6 Å². The molecular weight excluding hydrogens is 269 g/mol. The number of hydrogen-bond donors (Lipinski definition) is 0. The molecule has 0 aromatic carbocycles. The molecular formula is C11H17F3O3S. The zero-order valence-electron chi connectivity index (χ0n) is 10.5. The van der Waals surface area contributed by atoms with E-state index in [1.807, 2.05) is 20.8 Å². The smallest absolute Gasteiger partial charge is 0.381 e. The monoisotopic (exact) mass is 286 g/mol. The number of halogens is 3. The maximum absolute atomic E-state index is 12.1. The van der Waals surface area contributed by atoms with Crippen molar-refractivity contribution in [1.82, 2.24) is 0 Å².